The van der Waals surface area contributed by atoms with E-state index in [0.29, 0.717) is 31.7 Å². The van der Waals surface area contributed by atoms with Crippen LogP contribution in [-0.2, 0) is 20.8 Å². The number of allylic oxidation sites excluding steroid dienone is 1. The van der Waals surface area contributed by atoms with Crippen LogP contribution in [0.4, 0.5) is 0 Å². The topological polar surface area (TPSA) is 103 Å². The van der Waals surface area contributed by atoms with Gasteiger partial charge in [0.05, 0.1) is 15.6 Å². The van der Waals surface area contributed by atoms with Crippen molar-refractivity contribution in [2.45, 2.75) is 105 Å². The molecule has 240 valence electrons. The molecule has 1 aliphatic carbocycles. The van der Waals surface area contributed by atoms with Crippen LogP contribution >= 0.6 is 22.9 Å². The first kappa shape index (κ1) is 39.8. The highest BCUT2D eigenvalue weighted by Crippen LogP contribution is 2.28. The van der Waals surface area contributed by atoms with Gasteiger partial charge >= 0.3 is 0 Å². The maximum Gasteiger partial charge on any atom is 0.243 e. The Kier molecular flexibility index (Phi) is 23.9. The lowest BCUT2D eigenvalue weighted by Gasteiger charge is -2.25. The molecule has 2 heterocycles. The zero-order chi connectivity index (χ0) is 31.8. The van der Waals surface area contributed by atoms with Crippen molar-refractivity contribution in [2.75, 3.05) is 33.2 Å². The summed E-state index contributed by atoms with van der Waals surface area (Å²) in [5.41, 5.74) is 0.945. The molecule has 2 fully saturated rings. The summed E-state index contributed by atoms with van der Waals surface area (Å²) in [4.78, 5) is 42.2. The number of piperidine rings is 1. The van der Waals surface area contributed by atoms with Gasteiger partial charge in [0, 0.05) is 50.1 Å². The Morgan fingerprint density at radius 2 is 1.71 bits per heavy atom. The molecule has 1 aliphatic heterocycles. The van der Waals surface area contributed by atoms with Crippen LogP contribution in [0.5, 0.6) is 0 Å². The van der Waals surface area contributed by atoms with Gasteiger partial charge in [0.15, 0.2) is 0 Å². The number of thiazole rings is 1. The van der Waals surface area contributed by atoms with Crippen molar-refractivity contribution < 1.29 is 14.4 Å². The van der Waals surface area contributed by atoms with Crippen molar-refractivity contribution in [1.82, 2.24) is 25.8 Å². The minimum atomic E-state index is -0.0808. The third-order valence-corrected chi connectivity index (χ3v) is 8.06. The van der Waals surface area contributed by atoms with E-state index in [1.165, 1.54) is 32.1 Å². The summed E-state index contributed by atoms with van der Waals surface area (Å²) in [5.74, 6) is 0.361. The van der Waals surface area contributed by atoms with E-state index in [9.17, 15) is 9.59 Å². The number of aryl methyl sites for hydroxylation is 2. The minimum Gasteiger partial charge on any atom is -0.362 e. The molecule has 42 heavy (non-hydrogen) atoms. The Labute approximate surface area is 264 Å². The van der Waals surface area contributed by atoms with Gasteiger partial charge in [-0.1, -0.05) is 64.6 Å². The SMILES string of the molecule is C/C(Cl)=C\c1sc(CCC(=O)NC(CNC(=O)/C=C/CN2CCCCC2)C2CCCC2)nc1C.CC.CC.CNC=O. The fraction of sp³-hybridized carbons (Fsp3) is 0.688. The van der Waals surface area contributed by atoms with Crippen molar-refractivity contribution in [3.8, 4) is 0 Å². The molecule has 3 rings (SSSR count). The molecule has 0 aromatic carbocycles. The largest absolute Gasteiger partial charge is 0.362 e. The van der Waals surface area contributed by atoms with Crippen LogP contribution < -0.4 is 16.0 Å². The number of carbonyl (C=O) groups excluding carboxylic acids is 3. The zero-order valence-corrected chi connectivity index (χ0v) is 28.6. The second-order valence-corrected chi connectivity index (χ2v) is 11.6. The number of nitrogens with one attached hydrogen (secondary N) is 3. The van der Waals surface area contributed by atoms with Gasteiger partial charge in [-0.25, -0.2) is 4.98 Å². The molecular weight excluding hydrogens is 570 g/mol. The molecule has 3 N–H and O–H groups in total. The molecule has 3 amide bonds. The molecule has 1 saturated carbocycles. The molecule has 2 aliphatic rings. The highest BCUT2D eigenvalue weighted by Gasteiger charge is 2.26. The Bertz CT molecular complexity index is 935. The van der Waals surface area contributed by atoms with Gasteiger partial charge in [-0.2, -0.15) is 0 Å². The number of rotatable bonds is 12. The van der Waals surface area contributed by atoms with Gasteiger partial charge in [0.2, 0.25) is 18.2 Å². The average Bonchev–Trinajstić information content (AvgIpc) is 3.67. The Hall–Kier alpha value is -2.23. The van der Waals surface area contributed by atoms with Gasteiger partial charge < -0.3 is 16.0 Å². The first-order valence-electron chi connectivity index (χ1n) is 15.7. The number of hydrogen-bond donors (Lipinski definition) is 3. The van der Waals surface area contributed by atoms with Crippen molar-refractivity contribution >= 4 is 47.2 Å². The van der Waals surface area contributed by atoms with Crippen LogP contribution in [0.1, 0.15) is 102 Å². The van der Waals surface area contributed by atoms with Crippen molar-refractivity contribution in [2.24, 2.45) is 5.92 Å². The van der Waals surface area contributed by atoms with E-state index in [-0.39, 0.29) is 17.9 Å². The second-order valence-electron chi connectivity index (χ2n) is 9.92. The zero-order valence-electron chi connectivity index (χ0n) is 27.1. The number of likely N-dealkylation sites (tertiary alicyclic amines) is 1. The molecule has 0 radical (unpaired) electrons. The monoisotopic (exact) mass is 625 g/mol. The molecule has 10 heteroatoms. The molecule has 1 unspecified atom stereocenters. The molecule has 1 aromatic heterocycles. The quantitative estimate of drug-likeness (QED) is 0.189. The molecule has 8 nitrogen and oxygen atoms in total. The third kappa shape index (κ3) is 17.7. The van der Waals surface area contributed by atoms with Gasteiger partial charge in [-0.3, -0.25) is 19.3 Å². The summed E-state index contributed by atoms with van der Waals surface area (Å²) in [7, 11) is 1.56. The number of carbonyl (C=O) groups is 3. The van der Waals surface area contributed by atoms with Crippen LogP contribution in [0.15, 0.2) is 17.2 Å². The standard InChI is InChI=1S/C26H39ClN4O2S.C2H5NO.2C2H6/c1-19(27)17-23-20(2)29-26(34-23)13-12-25(33)30-22(21-9-4-5-10-21)18-28-24(32)11-8-16-31-14-6-3-7-15-31;1-3-2-4;2*1-2/h8,11,17,21-22H,3-7,9-10,12-16,18H2,1-2H3,(H,28,32)(H,30,33);2H,1H3,(H,3,4);2*1-2H3/b11-8+,19-17+;;;. The van der Waals surface area contributed by atoms with Crippen LogP contribution in [-0.4, -0.2) is 67.4 Å². The molecular formula is C32H56ClN5O3S. The summed E-state index contributed by atoms with van der Waals surface area (Å²) in [6.07, 6.45) is 15.5. The van der Waals surface area contributed by atoms with E-state index in [2.05, 4.69) is 25.8 Å². The van der Waals surface area contributed by atoms with Crippen LogP contribution in [0, 0.1) is 12.8 Å². The van der Waals surface area contributed by atoms with E-state index in [4.69, 9.17) is 16.4 Å². The number of hydrogen-bond acceptors (Lipinski definition) is 6. The highest BCUT2D eigenvalue weighted by molar-refractivity contribution is 7.12. The van der Waals surface area contributed by atoms with Crippen LogP contribution in [0.25, 0.3) is 6.08 Å². The predicted octanol–water partition coefficient (Wildman–Crippen LogP) is 6.23. The molecule has 0 bridgehead atoms. The van der Waals surface area contributed by atoms with Gasteiger partial charge in [0.1, 0.15) is 0 Å². The molecule has 1 atom stereocenters. The van der Waals surface area contributed by atoms with Crippen LogP contribution in [0.3, 0.4) is 0 Å². The summed E-state index contributed by atoms with van der Waals surface area (Å²) in [6, 6.07) is -0.0233. The highest BCUT2D eigenvalue weighted by atomic mass is 35.5. The minimum absolute atomic E-state index is 0.0188. The first-order valence-corrected chi connectivity index (χ1v) is 16.9. The van der Waals surface area contributed by atoms with E-state index < -0.39 is 0 Å². The second kappa shape index (κ2) is 25.3. The van der Waals surface area contributed by atoms with Crippen molar-refractivity contribution in [3.05, 3.63) is 32.8 Å². The number of aromatic nitrogens is 1. The normalized spacial score (nSPS) is 16.1. The summed E-state index contributed by atoms with van der Waals surface area (Å²) < 4.78 is 0. The van der Waals surface area contributed by atoms with Crippen molar-refractivity contribution in [1.29, 1.82) is 0 Å². The molecule has 1 aromatic rings. The summed E-state index contributed by atoms with van der Waals surface area (Å²) in [5, 5.41) is 10.1. The lowest BCUT2D eigenvalue weighted by atomic mass is 9.97. The van der Waals surface area contributed by atoms with E-state index in [0.717, 1.165) is 53.1 Å². The van der Waals surface area contributed by atoms with Crippen molar-refractivity contribution in [3.63, 3.8) is 0 Å². The van der Waals surface area contributed by atoms with Gasteiger partial charge in [0.25, 0.3) is 0 Å². The number of amides is 3. The van der Waals surface area contributed by atoms with E-state index in [1.54, 1.807) is 24.5 Å². The molecule has 1 saturated heterocycles. The third-order valence-electron chi connectivity index (χ3n) is 6.78. The Morgan fingerprint density at radius 1 is 1.10 bits per heavy atom. The Morgan fingerprint density at radius 3 is 2.29 bits per heavy atom. The first-order chi connectivity index (χ1) is 20.3. The summed E-state index contributed by atoms with van der Waals surface area (Å²) in [6.45, 7) is 15.4. The lowest BCUT2D eigenvalue weighted by Crippen LogP contribution is -2.47. The molecule has 0 spiro atoms. The van der Waals surface area contributed by atoms with E-state index in [1.807, 2.05) is 53.7 Å². The summed E-state index contributed by atoms with van der Waals surface area (Å²) >= 11 is 7.58. The Balaban J connectivity index is 0.00000190. The van der Waals surface area contributed by atoms with Crippen LogP contribution in [0.2, 0.25) is 0 Å². The van der Waals surface area contributed by atoms with E-state index >= 15 is 0 Å². The maximum atomic E-state index is 12.7. The fourth-order valence-electron chi connectivity index (χ4n) is 4.80. The van der Waals surface area contributed by atoms with Gasteiger partial charge in [-0.15, -0.1) is 11.3 Å². The number of halogens is 1. The smallest absolute Gasteiger partial charge is 0.243 e. The lowest BCUT2D eigenvalue weighted by molar-refractivity contribution is -0.122. The fourth-order valence-corrected chi connectivity index (χ4v) is 6.05. The van der Waals surface area contributed by atoms with Gasteiger partial charge in [-0.05, 0) is 64.6 Å². The average molecular weight is 626 g/mol. The number of nitrogens with zero attached hydrogens (tertiary/aromatic N) is 2. The maximum absolute atomic E-state index is 12.7. The predicted molar refractivity (Wildman–Crippen MR) is 179 cm³/mol.